The van der Waals surface area contributed by atoms with Gasteiger partial charge in [-0.2, -0.15) is 0 Å². The molecule has 28 heavy (non-hydrogen) atoms. The lowest BCUT2D eigenvalue weighted by atomic mass is 10.0. The van der Waals surface area contributed by atoms with E-state index in [0.29, 0.717) is 22.8 Å². The summed E-state index contributed by atoms with van der Waals surface area (Å²) in [7, 11) is 0. The molecule has 4 nitrogen and oxygen atoms in total. The molecule has 0 fully saturated rings. The molecule has 0 saturated carbocycles. The van der Waals surface area contributed by atoms with Crippen molar-refractivity contribution in [3.05, 3.63) is 101 Å². The van der Waals surface area contributed by atoms with Crippen LogP contribution in [0.4, 0.5) is 0 Å². The van der Waals surface area contributed by atoms with Crippen molar-refractivity contribution >= 4 is 11.9 Å². The molecule has 0 unspecified atom stereocenters. The Bertz CT molecular complexity index is 927. The SMILES string of the molecule is CC(C)c1ccc(C(=O)Oc2ccc(C(=O)OCc3ccccc3)cc2)cc1. The summed E-state index contributed by atoms with van der Waals surface area (Å²) >= 11 is 0. The van der Waals surface area contributed by atoms with Gasteiger partial charge < -0.3 is 9.47 Å². The highest BCUT2D eigenvalue weighted by atomic mass is 16.5. The average Bonchev–Trinajstić information content (AvgIpc) is 2.73. The van der Waals surface area contributed by atoms with Gasteiger partial charge >= 0.3 is 11.9 Å². The number of ether oxygens (including phenoxy) is 2. The number of hydrogen-bond acceptors (Lipinski definition) is 4. The molecule has 0 aliphatic rings. The summed E-state index contributed by atoms with van der Waals surface area (Å²) in [5, 5.41) is 0. The fraction of sp³-hybridized carbons (Fsp3) is 0.167. The molecule has 0 atom stereocenters. The Morgan fingerprint density at radius 1 is 0.750 bits per heavy atom. The summed E-state index contributed by atoms with van der Waals surface area (Å²) in [5.74, 6) is -0.0856. The second-order valence-electron chi connectivity index (χ2n) is 6.75. The maximum absolute atomic E-state index is 12.3. The normalized spacial score (nSPS) is 10.5. The molecule has 0 bridgehead atoms. The Morgan fingerprint density at radius 3 is 1.93 bits per heavy atom. The third-order valence-electron chi connectivity index (χ3n) is 4.33. The first-order chi connectivity index (χ1) is 13.5. The molecule has 0 saturated heterocycles. The van der Waals surface area contributed by atoms with E-state index in [0.717, 1.165) is 11.1 Å². The first kappa shape index (κ1) is 19.4. The number of hydrogen-bond donors (Lipinski definition) is 0. The zero-order valence-electron chi connectivity index (χ0n) is 15.9. The van der Waals surface area contributed by atoms with Gasteiger partial charge in [-0.3, -0.25) is 0 Å². The second kappa shape index (κ2) is 9.00. The molecule has 4 heteroatoms. The molecule has 0 radical (unpaired) electrons. The van der Waals surface area contributed by atoms with Gasteiger partial charge in [0.1, 0.15) is 12.4 Å². The summed E-state index contributed by atoms with van der Waals surface area (Å²) in [5.41, 5.74) is 2.97. The summed E-state index contributed by atoms with van der Waals surface area (Å²) in [6.45, 7) is 4.41. The van der Waals surface area contributed by atoms with E-state index in [1.54, 1.807) is 36.4 Å². The lowest BCUT2D eigenvalue weighted by Crippen LogP contribution is -2.09. The van der Waals surface area contributed by atoms with E-state index in [1.165, 1.54) is 0 Å². The van der Waals surface area contributed by atoms with Crippen LogP contribution in [0.15, 0.2) is 78.9 Å². The third-order valence-corrected chi connectivity index (χ3v) is 4.33. The molecule has 0 heterocycles. The van der Waals surface area contributed by atoms with E-state index in [1.807, 2.05) is 42.5 Å². The highest BCUT2D eigenvalue weighted by Crippen LogP contribution is 2.18. The topological polar surface area (TPSA) is 52.6 Å². The van der Waals surface area contributed by atoms with Gasteiger partial charge in [0.05, 0.1) is 11.1 Å². The van der Waals surface area contributed by atoms with E-state index in [-0.39, 0.29) is 6.61 Å². The molecular weight excluding hydrogens is 352 g/mol. The van der Waals surface area contributed by atoms with Crippen LogP contribution < -0.4 is 4.74 Å². The minimum atomic E-state index is -0.435. The molecule has 0 spiro atoms. The molecule has 3 aromatic rings. The summed E-state index contributed by atoms with van der Waals surface area (Å²) in [4.78, 5) is 24.4. The minimum Gasteiger partial charge on any atom is -0.457 e. The number of rotatable bonds is 6. The molecule has 142 valence electrons. The van der Waals surface area contributed by atoms with Crippen LogP contribution in [0.5, 0.6) is 5.75 Å². The maximum atomic E-state index is 12.3. The Morgan fingerprint density at radius 2 is 1.32 bits per heavy atom. The quantitative estimate of drug-likeness (QED) is 0.429. The van der Waals surface area contributed by atoms with E-state index >= 15 is 0 Å². The predicted molar refractivity (Wildman–Crippen MR) is 107 cm³/mol. The van der Waals surface area contributed by atoms with Crippen molar-refractivity contribution in [1.82, 2.24) is 0 Å². The van der Waals surface area contributed by atoms with Gasteiger partial charge in [0, 0.05) is 0 Å². The minimum absolute atomic E-state index is 0.211. The Balaban J connectivity index is 1.57. The molecular formula is C24H22O4. The van der Waals surface area contributed by atoms with Crippen molar-refractivity contribution < 1.29 is 19.1 Å². The summed E-state index contributed by atoms with van der Waals surface area (Å²) in [6, 6.07) is 23.2. The van der Waals surface area contributed by atoms with Gasteiger partial charge in [-0.15, -0.1) is 0 Å². The lowest BCUT2D eigenvalue weighted by Gasteiger charge is -2.08. The number of carbonyl (C=O) groups excluding carboxylic acids is 2. The van der Waals surface area contributed by atoms with Crippen LogP contribution in [0.25, 0.3) is 0 Å². The smallest absolute Gasteiger partial charge is 0.343 e. The van der Waals surface area contributed by atoms with Gasteiger partial charge in [-0.05, 0) is 53.4 Å². The molecule has 0 N–H and O–H groups in total. The van der Waals surface area contributed by atoms with Crippen LogP contribution in [0.2, 0.25) is 0 Å². The highest BCUT2D eigenvalue weighted by Gasteiger charge is 2.11. The van der Waals surface area contributed by atoms with Gasteiger partial charge in [0.2, 0.25) is 0 Å². The highest BCUT2D eigenvalue weighted by molar-refractivity contribution is 5.92. The Hall–Kier alpha value is -3.40. The van der Waals surface area contributed by atoms with Gasteiger partial charge in [0.15, 0.2) is 0 Å². The molecule has 0 aliphatic heterocycles. The molecule has 0 aliphatic carbocycles. The van der Waals surface area contributed by atoms with E-state index in [4.69, 9.17) is 9.47 Å². The lowest BCUT2D eigenvalue weighted by molar-refractivity contribution is 0.0472. The van der Waals surface area contributed by atoms with Crippen molar-refractivity contribution in [3.8, 4) is 5.75 Å². The number of benzene rings is 3. The number of esters is 2. The van der Waals surface area contributed by atoms with Crippen molar-refractivity contribution in [1.29, 1.82) is 0 Å². The third kappa shape index (κ3) is 5.07. The molecule has 3 rings (SSSR count). The monoisotopic (exact) mass is 374 g/mol. The second-order valence-corrected chi connectivity index (χ2v) is 6.75. The predicted octanol–water partition coefficient (Wildman–Crippen LogP) is 5.39. The van der Waals surface area contributed by atoms with Crippen LogP contribution in [-0.2, 0) is 11.3 Å². The van der Waals surface area contributed by atoms with E-state index < -0.39 is 11.9 Å². The Kier molecular flexibility index (Phi) is 6.22. The zero-order chi connectivity index (χ0) is 19.9. The van der Waals surface area contributed by atoms with Crippen LogP contribution in [0.1, 0.15) is 51.6 Å². The first-order valence-electron chi connectivity index (χ1n) is 9.16. The fourth-order valence-corrected chi connectivity index (χ4v) is 2.64. The van der Waals surface area contributed by atoms with Crippen LogP contribution in [-0.4, -0.2) is 11.9 Å². The van der Waals surface area contributed by atoms with Crippen molar-refractivity contribution in [3.63, 3.8) is 0 Å². The fourth-order valence-electron chi connectivity index (χ4n) is 2.64. The zero-order valence-corrected chi connectivity index (χ0v) is 15.9. The molecule has 0 amide bonds. The van der Waals surface area contributed by atoms with E-state index in [2.05, 4.69) is 13.8 Å². The summed E-state index contributed by atoms with van der Waals surface area (Å²) < 4.78 is 10.7. The van der Waals surface area contributed by atoms with E-state index in [9.17, 15) is 9.59 Å². The van der Waals surface area contributed by atoms with Crippen molar-refractivity contribution in [2.75, 3.05) is 0 Å². The van der Waals surface area contributed by atoms with Gasteiger partial charge in [-0.1, -0.05) is 56.3 Å². The van der Waals surface area contributed by atoms with Crippen LogP contribution in [0.3, 0.4) is 0 Å². The standard InChI is InChI=1S/C24H22O4/c1-17(2)19-8-10-21(11-9-19)24(26)28-22-14-12-20(13-15-22)23(25)27-16-18-6-4-3-5-7-18/h3-15,17H,16H2,1-2H3. The van der Waals surface area contributed by atoms with Gasteiger partial charge in [0.25, 0.3) is 0 Å². The maximum Gasteiger partial charge on any atom is 0.343 e. The Labute approximate surface area is 164 Å². The largest absolute Gasteiger partial charge is 0.457 e. The van der Waals surface area contributed by atoms with Crippen LogP contribution >= 0.6 is 0 Å². The molecule has 0 aromatic heterocycles. The number of carbonyl (C=O) groups is 2. The van der Waals surface area contributed by atoms with Gasteiger partial charge in [-0.25, -0.2) is 9.59 Å². The molecule has 3 aromatic carbocycles. The van der Waals surface area contributed by atoms with Crippen molar-refractivity contribution in [2.24, 2.45) is 0 Å². The van der Waals surface area contributed by atoms with Crippen molar-refractivity contribution in [2.45, 2.75) is 26.4 Å². The summed E-state index contributed by atoms with van der Waals surface area (Å²) in [6.07, 6.45) is 0. The first-order valence-corrected chi connectivity index (χ1v) is 9.16. The van der Waals surface area contributed by atoms with Crippen LogP contribution in [0, 0.1) is 0 Å². The average molecular weight is 374 g/mol.